The number of hydrogen-bond donors (Lipinski definition) is 0. The first-order valence-corrected chi connectivity index (χ1v) is 12.7. The third-order valence-corrected chi connectivity index (χ3v) is 6.06. The summed E-state index contributed by atoms with van der Waals surface area (Å²) < 4.78 is 0. The summed E-state index contributed by atoms with van der Waals surface area (Å²) in [6, 6.07) is 2.23. The average Bonchev–Trinajstić information content (AvgIpc) is 3.20. The third kappa shape index (κ3) is 15.3. The van der Waals surface area contributed by atoms with Gasteiger partial charge in [0.2, 0.25) is 0 Å². The highest BCUT2D eigenvalue weighted by atomic mass is 32.1. The molecule has 0 radical (unpaired) electrons. The summed E-state index contributed by atoms with van der Waals surface area (Å²) in [7, 11) is 0. The predicted octanol–water partition coefficient (Wildman–Crippen LogP) is 10.2. The Bertz CT molecular complexity index is 704. The zero-order chi connectivity index (χ0) is 22.0. The number of thiophene rings is 1. The van der Waals surface area contributed by atoms with Crippen LogP contribution < -0.4 is 0 Å². The molecule has 166 valence electrons. The fourth-order valence-electron chi connectivity index (χ4n) is 3.33. The lowest BCUT2D eigenvalue weighted by Crippen LogP contribution is -1.82. The molecule has 0 fully saturated rings. The second-order valence-electron chi connectivity index (χ2n) is 8.77. The molecule has 0 atom stereocenters. The molecule has 1 rings (SSSR count). The van der Waals surface area contributed by atoms with Gasteiger partial charge in [-0.25, -0.2) is 0 Å². The highest BCUT2D eigenvalue weighted by Gasteiger charge is 1.94. The SMILES string of the molecule is CC(C)=CCC/C(C)=C/CC/C(C)=C/CC/C(C)=C/CC/C=C/CCc1ccsc1. The molecule has 0 saturated carbocycles. The smallest absolute Gasteiger partial charge is 0.00611 e. The van der Waals surface area contributed by atoms with Gasteiger partial charge in [0.15, 0.2) is 0 Å². The largest absolute Gasteiger partial charge is 0.152 e. The van der Waals surface area contributed by atoms with Crippen molar-refractivity contribution in [3.63, 3.8) is 0 Å². The van der Waals surface area contributed by atoms with Crippen LogP contribution in [0.3, 0.4) is 0 Å². The van der Waals surface area contributed by atoms with Crippen LogP contribution in [0.25, 0.3) is 0 Å². The summed E-state index contributed by atoms with van der Waals surface area (Å²) >= 11 is 1.79. The van der Waals surface area contributed by atoms with Crippen LogP contribution in [0.15, 0.2) is 75.6 Å². The summed E-state index contributed by atoms with van der Waals surface area (Å²) in [5.41, 5.74) is 7.48. The van der Waals surface area contributed by atoms with Crippen molar-refractivity contribution in [3.05, 3.63) is 81.1 Å². The van der Waals surface area contributed by atoms with Crippen molar-refractivity contribution >= 4 is 11.3 Å². The van der Waals surface area contributed by atoms with E-state index in [2.05, 4.69) is 87.9 Å². The van der Waals surface area contributed by atoms with E-state index in [4.69, 9.17) is 0 Å². The number of hydrogen-bond acceptors (Lipinski definition) is 1. The van der Waals surface area contributed by atoms with Crippen LogP contribution in [-0.2, 0) is 6.42 Å². The van der Waals surface area contributed by atoms with Crippen molar-refractivity contribution in [3.8, 4) is 0 Å². The fourth-order valence-corrected chi connectivity index (χ4v) is 4.04. The minimum atomic E-state index is 1.16. The molecule has 0 unspecified atom stereocenters. The molecular formula is C29H44S. The Labute approximate surface area is 191 Å². The maximum atomic E-state index is 2.44. The Morgan fingerprint density at radius 1 is 0.667 bits per heavy atom. The summed E-state index contributed by atoms with van der Waals surface area (Å²) in [5, 5.41) is 4.41. The molecule has 0 aromatic carbocycles. The van der Waals surface area contributed by atoms with Gasteiger partial charge in [0, 0.05) is 0 Å². The molecule has 0 aliphatic heterocycles. The minimum absolute atomic E-state index is 1.16. The maximum absolute atomic E-state index is 2.44. The number of unbranched alkanes of at least 4 members (excludes halogenated alkanes) is 1. The molecule has 0 aliphatic carbocycles. The lowest BCUT2D eigenvalue weighted by Gasteiger charge is -2.02. The monoisotopic (exact) mass is 424 g/mol. The highest BCUT2D eigenvalue weighted by molar-refractivity contribution is 7.07. The maximum Gasteiger partial charge on any atom is -0.00611 e. The van der Waals surface area contributed by atoms with Crippen molar-refractivity contribution in [2.24, 2.45) is 0 Å². The molecule has 1 heteroatoms. The lowest BCUT2D eigenvalue weighted by molar-refractivity contribution is 0.894. The second kappa shape index (κ2) is 17.1. The fraction of sp³-hybridized carbons (Fsp3) is 0.517. The molecule has 1 aromatic rings. The third-order valence-electron chi connectivity index (χ3n) is 5.33. The predicted molar refractivity (Wildman–Crippen MR) is 139 cm³/mol. The van der Waals surface area contributed by atoms with Crippen LogP contribution >= 0.6 is 11.3 Å². The van der Waals surface area contributed by atoms with Gasteiger partial charge < -0.3 is 0 Å². The van der Waals surface area contributed by atoms with Crippen molar-refractivity contribution in [1.29, 1.82) is 0 Å². The molecule has 0 amide bonds. The molecule has 0 nitrogen and oxygen atoms in total. The Morgan fingerprint density at radius 2 is 1.20 bits per heavy atom. The Hall–Kier alpha value is -1.60. The van der Waals surface area contributed by atoms with Crippen LogP contribution in [0.4, 0.5) is 0 Å². The summed E-state index contributed by atoms with van der Waals surface area (Å²) in [5.74, 6) is 0. The van der Waals surface area contributed by atoms with Gasteiger partial charge in [-0.2, -0.15) is 11.3 Å². The molecule has 0 saturated heterocycles. The summed E-state index contributed by atoms with van der Waals surface area (Å²) in [6.07, 6.45) is 26.1. The van der Waals surface area contributed by atoms with E-state index in [1.807, 2.05) is 0 Å². The van der Waals surface area contributed by atoms with E-state index in [1.165, 1.54) is 79.2 Å². The van der Waals surface area contributed by atoms with Crippen LogP contribution in [-0.4, -0.2) is 0 Å². The molecule has 0 bridgehead atoms. The Kier molecular flexibility index (Phi) is 15.1. The van der Waals surface area contributed by atoms with E-state index in [0.717, 1.165) is 12.8 Å². The van der Waals surface area contributed by atoms with Gasteiger partial charge in [-0.15, -0.1) is 0 Å². The number of rotatable bonds is 15. The average molecular weight is 425 g/mol. The van der Waals surface area contributed by atoms with Gasteiger partial charge >= 0.3 is 0 Å². The topological polar surface area (TPSA) is 0 Å². The Morgan fingerprint density at radius 3 is 1.73 bits per heavy atom. The zero-order valence-corrected chi connectivity index (χ0v) is 21.0. The second-order valence-corrected chi connectivity index (χ2v) is 9.55. The van der Waals surface area contributed by atoms with Crippen LogP contribution in [0, 0.1) is 0 Å². The molecule has 1 heterocycles. The van der Waals surface area contributed by atoms with E-state index >= 15 is 0 Å². The first-order valence-electron chi connectivity index (χ1n) is 11.7. The van der Waals surface area contributed by atoms with Crippen molar-refractivity contribution in [1.82, 2.24) is 0 Å². The van der Waals surface area contributed by atoms with E-state index in [-0.39, 0.29) is 0 Å². The zero-order valence-electron chi connectivity index (χ0n) is 20.2. The van der Waals surface area contributed by atoms with E-state index < -0.39 is 0 Å². The first kappa shape index (κ1) is 26.4. The van der Waals surface area contributed by atoms with E-state index in [1.54, 1.807) is 11.3 Å². The number of aryl methyl sites for hydroxylation is 1. The quantitative estimate of drug-likeness (QED) is 0.194. The molecule has 1 aromatic heterocycles. The van der Waals surface area contributed by atoms with Gasteiger partial charge in [-0.3, -0.25) is 0 Å². The van der Waals surface area contributed by atoms with Gasteiger partial charge in [0.1, 0.15) is 0 Å². The lowest BCUT2D eigenvalue weighted by atomic mass is 10.0. The molecule has 30 heavy (non-hydrogen) atoms. The van der Waals surface area contributed by atoms with E-state index in [0.29, 0.717) is 0 Å². The van der Waals surface area contributed by atoms with Crippen molar-refractivity contribution < 1.29 is 0 Å². The van der Waals surface area contributed by atoms with E-state index in [9.17, 15) is 0 Å². The van der Waals surface area contributed by atoms with Gasteiger partial charge in [-0.1, -0.05) is 58.7 Å². The first-order chi connectivity index (χ1) is 14.5. The highest BCUT2D eigenvalue weighted by Crippen LogP contribution is 2.14. The normalized spacial score (nSPS) is 13.3. The van der Waals surface area contributed by atoms with Crippen molar-refractivity contribution in [2.75, 3.05) is 0 Å². The molecule has 0 N–H and O–H groups in total. The summed E-state index contributed by atoms with van der Waals surface area (Å²) in [6.45, 7) is 11.2. The van der Waals surface area contributed by atoms with Gasteiger partial charge in [0.25, 0.3) is 0 Å². The molecular weight excluding hydrogens is 380 g/mol. The standard InChI is InChI=1S/C29H44S/c1-25(2)14-11-16-27(4)18-13-20-28(5)19-12-17-26(3)15-9-7-6-8-10-21-29-22-23-30-24-29/h6,8,14-15,18-19,22-24H,7,9-13,16-17,20-21H2,1-5H3/b8-6+,26-15+,27-18+,28-19+. The van der Waals surface area contributed by atoms with Crippen LogP contribution in [0.5, 0.6) is 0 Å². The van der Waals surface area contributed by atoms with Gasteiger partial charge in [0.05, 0.1) is 0 Å². The molecule has 0 spiro atoms. The Balaban J connectivity index is 2.12. The van der Waals surface area contributed by atoms with Crippen LogP contribution in [0.1, 0.15) is 98.0 Å². The summed E-state index contributed by atoms with van der Waals surface area (Å²) in [4.78, 5) is 0. The molecule has 0 aliphatic rings. The van der Waals surface area contributed by atoms with Crippen molar-refractivity contribution in [2.45, 2.75) is 98.8 Å². The minimum Gasteiger partial charge on any atom is -0.152 e. The van der Waals surface area contributed by atoms with Gasteiger partial charge in [-0.05, 0) is 121 Å². The van der Waals surface area contributed by atoms with Crippen LogP contribution in [0.2, 0.25) is 0 Å². The number of allylic oxidation sites excluding steroid dienone is 10.